The van der Waals surface area contributed by atoms with Crippen molar-refractivity contribution in [3.63, 3.8) is 0 Å². The first kappa shape index (κ1) is 15.4. The number of nitrogens with one attached hydrogen (secondary N) is 2. The fourth-order valence-electron chi connectivity index (χ4n) is 1.35. The fourth-order valence-corrected chi connectivity index (χ4v) is 1.82. The molecule has 1 aromatic rings. The standard InChI is InChI=1S/C11H15BrN4O3/c1-7(2)15-10(17)3-4-13-11-9(12)5-8(6-14-11)16(18)19/h5-7H,3-4H2,1-2H3,(H,13,14)(H,15,17). The van der Waals surface area contributed by atoms with E-state index in [2.05, 4.69) is 31.5 Å². The lowest BCUT2D eigenvalue weighted by atomic mass is 10.3. The van der Waals surface area contributed by atoms with Crippen LogP contribution in [0.25, 0.3) is 0 Å². The number of carbonyl (C=O) groups excluding carboxylic acids is 1. The normalized spacial score (nSPS) is 10.3. The monoisotopic (exact) mass is 330 g/mol. The van der Waals surface area contributed by atoms with Gasteiger partial charge in [0.15, 0.2) is 0 Å². The van der Waals surface area contributed by atoms with Crippen LogP contribution in [0.3, 0.4) is 0 Å². The summed E-state index contributed by atoms with van der Waals surface area (Å²) in [6.07, 6.45) is 1.48. The predicted molar refractivity (Wildman–Crippen MR) is 75.0 cm³/mol. The Bertz CT molecular complexity index is 479. The maximum atomic E-state index is 11.4. The third kappa shape index (κ3) is 5.21. The average molecular weight is 331 g/mol. The fraction of sp³-hybridized carbons (Fsp3) is 0.455. The van der Waals surface area contributed by atoms with E-state index in [0.29, 0.717) is 23.3 Å². The van der Waals surface area contributed by atoms with Gasteiger partial charge in [-0.2, -0.15) is 0 Å². The van der Waals surface area contributed by atoms with Gasteiger partial charge in [-0.15, -0.1) is 0 Å². The van der Waals surface area contributed by atoms with Crippen LogP contribution in [0.2, 0.25) is 0 Å². The summed E-state index contributed by atoms with van der Waals surface area (Å²) in [6.45, 7) is 4.18. The Morgan fingerprint density at radius 1 is 1.58 bits per heavy atom. The zero-order chi connectivity index (χ0) is 14.4. The summed E-state index contributed by atoms with van der Waals surface area (Å²) < 4.78 is 0.492. The van der Waals surface area contributed by atoms with Crippen molar-refractivity contribution < 1.29 is 9.72 Å². The lowest BCUT2D eigenvalue weighted by Crippen LogP contribution is -2.31. The van der Waals surface area contributed by atoms with Crippen LogP contribution in [0.15, 0.2) is 16.7 Å². The molecule has 0 atom stereocenters. The van der Waals surface area contributed by atoms with Crippen molar-refractivity contribution in [2.24, 2.45) is 0 Å². The number of nitro groups is 1. The highest BCUT2D eigenvalue weighted by molar-refractivity contribution is 9.10. The van der Waals surface area contributed by atoms with Crippen LogP contribution in [0.4, 0.5) is 11.5 Å². The molecule has 0 saturated heterocycles. The SMILES string of the molecule is CC(C)NC(=O)CCNc1ncc([N+](=O)[O-])cc1Br. The van der Waals surface area contributed by atoms with E-state index >= 15 is 0 Å². The second kappa shape index (κ2) is 7.03. The van der Waals surface area contributed by atoms with Gasteiger partial charge in [0.1, 0.15) is 12.0 Å². The number of hydrogen-bond acceptors (Lipinski definition) is 5. The van der Waals surface area contributed by atoms with E-state index in [4.69, 9.17) is 0 Å². The Labute approximate surface area is 119 Å². The number of hydrogen-bond donors (Lipinski definition) is 2. The van der Waals surface area contributed by atoms with Gasteiger partial charge in [-0.1, -0.05) is 0 Å². The van der Waals surface area contributed by atoms with Crippen LogP contribution in [0.1, 0.15) is 20.3 Å². The number of rotatable bonds is 6. The van der Waals surface area contributed by atoms with Gasteiger partial charge in [-0.05, 0) is 29.8 Å². The van der Waals surface area contributed by atoms with Crippen LogP contribution in [0.5, 0.6) is 0 Å². The molecular weight excluding hydrogens is 316 g/mol. The molecule has 8 heteroatoms. The van der Waals surface area contributed by atoms with Crippen LogP contribution in [-0.4, -0.2) is 28.4 Å². The highest BCUT2D eigenvalue weighted by Crippen LogP contribution is 2.24. The predicted octanol–water partition coefficient (Wildman–Crippen LogP) is 2.08. The third-order valence-electron chi connectivity index (χ3n) is 2.13. The van der Waals surface area contributed by atoms with Gasteiger partial charge in [0.2, 0.25) is 5.91 Å². The topological polar surface area (TPSA) is 97.2 Å². The Balaban J connectivity index is 2.50. The molecule has 1 amide bonds. The number of carbonyl (C=O) groups is 1. The van der Waals surface area contributed by atoms with Gasteiger partial charge in [0, 0.05) is 25.1 Å². The molecule has 0 saturated carbocycles. The highest BCUT2D eigenvalue weighted by atomic mass is 79.9. The molecule has 0 bridgehead atoms. The summed E-state index contributed by atoms with van der Waals surface area (Å²) in [5.74, 6) is 0.420. The van der Waals surface area contributed by atoms with Gasteiger partial charge in [0.05, 0.1) is 9.40 Å². The number of amides is 1. The lowest BCUT2D eigenvalue weighted by molar-refractivity contribution is -0.385. The van der Waals surface area contributed by atoms with Crippen molar-refractivity contribution in [2.45, 2.75) is 26.3 Å². The minimum atomic E-state index is -0.516. The van der Waals surface area contributed by atoms with Crippen molar-refractivity contribution >= 4 is 33.3 Å². The molecule has 0 fully saturated rings. The maximum absolute atomic E-state index is 11.4. The van der Waals surface area contributed by atoms with Crippen molar-refractivity contribution in [2.75, 3.05) is 11.9 Å². The minimum absolute atomic E-state index is 0.0551. The smallest absolute Gasteiger partial charge is 0.288 e. The second-order valence-corrected chi connectivity index (χ2v) is 5.03. The number of halogens is 1. The van der Waals surface area contributed by atoms with E-state index in [0.717, 1.165) is 0 Å². The first-order valence-corrected chi connectivity index (χ1v) is 6.52. The Kier molecular flexibility index (Phi) is 5.68. The summed E-state index contributed by atoms with van der Waals surface area (Å²) in [7, 11) is 0. The lowest BCUT2D eigenvalue weighted by Gasteiger charge is -2.09. The van der Waals surface area contributed by atoms with Gasteiger partial charge in [-0.25, -0.2) is 4.98 Å². The highest BCUT2D eigenvalue weighted by Gasteiger charge is 2.10. The summed E-state index contributed by atoms with van der Waals surface area (Å²) in [5.41, 5.74) is -0.0880. The number of pyridine rings is 1. The zero-order valence-corrected chi connectivity index (χ0v) is 12.2. The van der Waals surface area contributed by atoms with Crippen molar-refractivity contribution in [1.82, 2.24) is 10.3 Å². The van der Waals surface area contributed by atoms with Crippen LogP contribution in [-0.2, 0) is 4.79 Å². The second-order valence-electron chi connectivity index (χ2n) is 4.18. The van der Waals surface area contributed by atoms with Gasteiger partial charge < -0.3 is 10.6 Å². The summed E-state index contributed by atoms with van der Waals surface area (Å²) in [5, 5.41) is 16.3. The Hall–Kier alpha value is -1.70. The Morgan fingerprint density at radius 3 is 2.79 bits per heavy atom. The van der Waals surface area contributed by atoms with Gasteiger partial charge in [0.25, 0.3) is 5.69 Å². The zero-order valence-electron chi connectivity index (χ0n) is 10.6. The molecule has 104 valence electrons. The van der Waals surface area contributed by atoms with Crippen molar-refractivity contribution in [3.8, 4) is 0 Å². The molecule has 0 aliphatic rings. The van der Waals surface area contributed by atoms with E-state index < -0.39 is 4.92 Å². The largest absolute Gasteiger partial charge is 0.369 e. The average Bonchev–Trinajstić information content (AvgIpc) is 2.29. The summed E-state index contributed by atoms with van der Waals surface area (Å²) >= 11 is 3.19. The molecule has 0 spiro atoms. The molecule has 0 aromatic carbocycles. The first-order valence-electron chi connectivity index (χ1n) is 5.73. The molecule has 7 nitrogen and oxygen atoms in total. The number of anilines is 1. The van der Waals surface area contributed by atoms with Crippen LogP contribution >= 0.6 is 15.9 Å². The first-order chi connectivity index (χ1) is 8.90. The number of aromatic nitrogens is 1. The molecule has 0 aliphatic heterocycles. The summed E-state index contributed by atoms with van der Waals surface area (Å²) in [6, 6.07) is 1.47. The van der Waals surface area contributed by atoms with E-state index in [1.807, 2.05) is 13.8 Å². The number of nitrogens with zero attached hydrogens (tertiary/aromatic N) is 2. The molecule has 0 unspecified atom stereocenters. The van der Waals surface area contributed by atoms with E-state index in [9.17, 15) is 14.9 Å². The van der Waals surface area contributed by atoms with E-state index in [1.165, 1.54) is 12.3 Å². The van der Waals surface area contributed by atoms with Gasteiger partial charge >= 0.3 is 0 Å². The molecule has 1 rings (SSSR count). The van der Waals surface area contributed by atoms with Gasteiger partial charge in [-0.3, -0.25) is 14.9 Å². The summed E-state index contributed by atoms with van der Waals surface area (Å²) in [4.78, 5) is 25.4. The van der Waals surface area contributed by atoms with Crippen LogP contribution in [0, 0.1) is 10.1 Å². The van der Waals surface area contributed by atoms with E-state index in [-0.39, 0.29) is 17.6 Å². The van der Waals surface area contributed by atoms with Crippen molar-refractivity contribution in [3.05, 3.63) is 26.9 Å². The molecule has 1 heterocycles. The maximum Gasteiger partial charge on any atom is 0.288 e. The quantitative estimate of drug-likeness (QED) is 0.614. The van der Waals surface area contributed by atoms with Crippen LogP contribution < -0.4 is 10.6 Å². The third-order valence-corrected chi connectivity index (χ3v) is 2.74. The molecule has 0 aliphatic carbocycles. The minimum Gasteiger partial charge on any atom is -0.369 e. The molecule has 2 N–H and O–H groups in total. The molecule has 19 heavy (non-hydrogen) atoms. The molecule has 0 radical (unpaired) electrons. The Morgan fingerprint density at radius 2 is 2.26 bits per heavy atom. The van der Waals surface area contributed by atoms with Crippen molar-refractivity contribution in [1.29, 1.82) is 0 Å². The van der Waals surface area contributed by atoms with E-state index in [1.54, 1.807) is 0 Å². The molecular formula is C11H15BrN4O3. The molecule has 1 aromatic heterocycles.